The van der Waals surface area contributed by atoms with Crippen molar-refractivity contribution in [3.63, 3.8) is 0 Å². The monoisotopic (exact) mass is 219 g/mol. The predicted molar refractivity (Wildman–Crippen MR) is 61.2 cm³/mol. The summed E-state index contributed by atoms with van der Waals surface area (Å²) in [4.78, 5) is 0. The van der Waals surface area contributed by atoms with Crippen LogP contribution in [0.4, 0.5) is 0 Å². The summed E-state index contributed by atoms with van der Waals surface area (Å²) in [6, 6.07) is 0. The number of hydrogen-bond acceptors (Lipinski definition) is 4. The molecule has 1 unspecified atom stereocenters. The third-order valence-electron chi connectivity index (χ3n) is 2.14. The minimum Gasteiger partial charge on any atom is -0.382 e. The Kier molecular flexibility index (Phi) is 10.3. The fourth-order valence-corrected chi connectivity index (χ4v) is 1.19. The predicted octanol–water partition coefficient (Wildman–Crippen LogP) is 0.910. The second-order valence-electron chi connectivity index (χ2n) is 3.82. The second-order valence-corrected chi connectivity index (χ2v) is 3.82. The number of likely N-dealkylation sites (N-methyl/N-ethyl adjacent to an activating group) is 1. The average Bonchev–Trinajstić information content (AvgIpc) is 2.21. The van der Waals surface area contributed by atoms with Crippen molar-refractivity contribution in [2.45, 2.75) is 20.0 Å². The number of rotatable bonds is 10. The molecule has 0 fully saturated rings. The molecule has 0 rings (SSSR count). The summed E-state index contributed by atoms with van der Waals surface area (Å²) in [7, 11) is 3.61. The molecule has 0 aliphatic carbocycles. The van der Waals surface area contributed by atoms with Crippen molar-refractivity contribution >= 4 is 0 Å². The Hall–Kier alpha value is -0.160. The lowest BCUT2D eigenvalue weighted by Gasteiger charge is -2.21. The SMILES string of the molecule is CNCC(OCCOCCOC)C(C)C. The third-order valence-corrected chi connectivity index (χ3v) is 2.14. The van der Waals surface area contributed by atoms with Crippen LogP contribution >= 0.6 is 0 Å². The van der Waals surface area contributed by atoms with Gasteiger partial charge in [-0.1, -0.05) is 13.8 Å². The van der Waals surface area contributed by atoms with Gasteiger partial charge in [-0.05, 0) is 13.0 Å². The summed E-state index contributed by atoms with van der Waals surface area (Å²) in [5, 5.41) is 3.12. The van der Waals surface area contributed by atoms with Crippen molar-refractivity contribution in [3.8, 4) is 0 Å². The Balaban J connectivity index is 3.37. The molecular weight excluding hydrogens is 194 g/mol. The van der Waals surface area contributed by atoms with Crippen LogP contribution in [0.5, 0.6) is 0 Å². The molecule has 0 amide bonds. The van der Waals surface area contributed by atoms with Crippen molar-refractivity contribution < 1.29 is 14.2 Å². The van der Waals surface area contributed by atoms with E-state index in [4.69, 9.17) is 14.2 Å². The molecule has 0 aromatic rings. The van der Waals surface area contributed by atoms with Crippen LogP contribution in [0.3, 0.4) is 0 Å². The van der Waals surface area contributed by atoms with Crippen LogP contribution in [0.15, 0.2) is 0 Å². The Labute approximate surface area is 93.3 Å². The fourth-order valence-electron chi connectivity index (χ4n) is 1.19. The first kappa shape index (κ1) is 14.8. The van der Waals surface area contributed by atoms with Gasteiger partial charge >= 0.3 is 0 Å². The minimum atomic E-state index is 0.265. The Bertz CT molecular complexity index is 131. The quantitative estimate of drug-likeness (QED) is 0.554. The van der Waals surface area contributed by atoms with E-state index in [2.05, 4.69) is 19.2 Å². The van der Waals surface area contributed by atoms with Gasteiger partial charge in [0, 0.05) is 13.7 Å². The molecule has 0 aromatic heterocycles. The van der Waals surface area contributed by atoms with Crippen LogP contribution < -0.4 is 5.32 Å². The zero-order valence-corrected chi connectivity index (χ0v) is 10.4. The lowest BCUT2D eigenvalue weighted by molar-refractivity contribution is -0.0210. The van der Waals surface area contributed by atoms with Crippen molar-refractivity contribution in [2.24, 2.45) is 5.92 Å². The maximum Gasteiger partial charge on any atom is 0.0723 e. The fraction of sp³-hybridized carbons (Fsp3) is 1.00. The van der Waals surface area contributed by atoms with Crippen LogP contribution in [0.25, 0.3) is 0 Å². The zero-order valence-electron chi connectivity index (χ0n) is 10.4. The molecule has 0 aliphatic heterocycles. The van der Waals surface area contributed by atoms with E-state index < -0.39 is 0 Å². The summed E-state index contributed by atoms with van der Waals surface area (Å²) in [6.07, 6.45) is 0.265. The lowest BCUT2D eigenvalue weighted by atomic mass is 10.1. The molecule has 0 heterocycles. The van der Waals surface area contributed by atoms with Gasteiger partial charge in [-0.15, -0.1) is 0 Å². The van der Waals surface area contributed by atoms with Crippen molar-refractivity contribution in [3.05, 3.63) is 0 Å². The molecule has 0 spiro atoms. The molecule has 0 bridgehead atoms. The van der Waals surface area contributed by atoms with Crippen LogP contribution in [0, 0.1) is 5.92 Å². The van der Waals surface area contributed by atoms with E-state index in [-0.39, 0.29) is 6.10 Å². The third kappa shape index (κ3) is 8.81. The number of methoxy groups -OCH3 is 1. The van der Waals surface area contributed by atoms with Crippen LogP contribution in [-0.4, -0.2) is 53.2 Å². The molecule has 0 radical (unpaired) electrons. The lowest BCUT2D eigenvalue weighted by Crippen LogP contribution is -2.32. The number of ether oxygens (including phenoxy) is 3. The largest absolute Gasteiger partial charge is 0.382 e. The van der Waals surface area contributed by atoms with E-state index in [0.29, 0.717) is 32.3 Å². The molecule has 4 nitrogen and oxygen atoms in total. The Morgan fingerprint density at radius 2 is 1.73 bits per heavy atom. The van der Waals surface area contributed by atoms with Gasteiger partial charge < -0.3 is 19.5 Å². The summed E-state index contributed by atoms with van der Waals surface area (Å²) >= 11 is 0. The molecule has 0 saturated carbocycles. The van der Waals surface area contributed by atoms with Gasteiger partial charge in [-0.25, -0.2) is 0 Å². The van der Waals surface area contributed by atoms with E-state index >= 15 is 0 Å². The molecule has 0 aliphatic rings. The van der Waals surface area contributed by atoms with Gasteiger partial charge in [0.05, 0.1) is 32.5 Å². The van der Waals surface area contributed by atoms with E-state index in [1.165, 1.54) is 0 Å². The molecular formula is C11H25NO3. The topological polar surface area (TPSA) is 39.7 Å². The van der Waals surface area contributed by atoms with Crippen LogP contribution in [0.1, 0.15) is 13.8 Å². The second kappa shape index (κ2) is 10.4. The Morgan fingerprint density at radius 1 is 1.07 bits per heavy atom. The summed E-state index contributed by atoms with van der Waals surface area (Å²) in [5.41, 5.74) is 0. The smallest absolute Gasteiger partial charge is 0.0723 e. The summed E-state index contributed by atoms with van der Waals surface area (Å²) < 4.78 is 15.9. The van der Waals surface area contributed by atoms with E-state index in [0.717, 1.165) is 6.54 Å². The van der Waals surface area contributed by atoms with E-state index in [1.807, 2.05) is 7.05 Å². The maximum atomic E-state index is 5.70. The van der Waals surface area contributed by atoms with Gasteiger partial charge in [-0.2, -0.15) is 0 Å². The molecule has 1 atom stereocenters. The normalized spacial score (nSPS) is 13.4. The van der Waals surface area contributed by atoms with Crippen molar-refractivity contribution in [1.82, 2.24) is 5.32 Å². The summed E-state index contributed by atoms with van der Waals surface area (Å²) in [5.74, 6) is 0.524. The zero-order chi connectivity index (χ0) is 11.5. The molecule has 4 heteroatoms. The van der Waals surface area contributed by atoms with Gasteiger partial charge in [0.1, 0.15) is 0 Å². The highest BCUT2D eigenvalue weighted by Gasteiger charge is 2.11. The highest BCUT2D eigenvalue weighted by atomic mass is 16.5. The van der Waals surface area contributed by atoms with Gasteiger partial charge in [-0.3, -0.25) is 0 Å². The van der Waals surface area contributed by atoms with Crippen LogP contribution in [-0.2, 0) is 14.2 Å². The van der Waals surface area contributed by atoms with Crippen molar-refractivity contribution in [1.29, 1.82) is 0 Å². The first-order chi connectivity index (χ1) is 7.22. The highest BCUT2D eigenvalue weighted by Crippen LogP contribution is 2.04. The first-order valence-corrected chi connectivity index (χ1v) is 5.55. The highest BCUT2D eigenvalue weighted by molar-refractivity contribution is 4.64. The van der Waals surface area contributed by atoms with Gasteiger partial charge in [0.15, 0.2) is 0 Å². The minimum absolute atomic E-state index is 0.265. The van der Waals surface area contributed by atoms with Gasteiger partial charge in [0.2, 0.25) is 0 Å². The van der Waals surface area contributed by atoms with E-state index in [9.17, 15) is 0 Å². The summed E-state index contributed by atoms with van der Waals surface area (Å²) in [6.45, 7) is 7.77. The maximum absolute atomic E-state index is 5.70. The molecule has 0 aromatic carbocycles. The standard InChI is InChI=1S/C11H25NO3/c1-10(2)11(9-12-3)15-8-7-14-6-5-13-4/h10-12H,5-9H2,1-4H3. The molecule has 15 heavy (non-hydrogen) atoms. The molecule has 0 saturated heterocycles. The first-order valence-electron chi connectivity index (χ1n) is 5.55. The number of nitrogens with one attached hydrogen (secondary N) is 1. The average molecular weight is 219 g/mol. The number of hydrogen-bond donors (Lipinski definition) is 1. The van der Waals surface area contributed by atoms with E-state index in [1.54, 1.807) is 7.11 Å². The van der Waals surface area contributed by atoms with Gasteiger partial charge in [0.25, 0.3) is 0 Å². The Morgan fingerprint density at radius 3 is 2.27 bits per heavy atom. The van der Waals surface area contributed by atoms with Crippen molar-refractivity contribution in [2.75, 3.05) is 47.1 Å². The molecule has 92 valence electrons. The molecule has 1 N–H and O–H groups in total. The van der Waals surface area contributed by atoms with Crippen LogP contribution in [0.2, 0.25) is 0 Å².